The maximum absolute atomic E-state index is 11.4. The summed E-state index contributed by atoms with van der Waals surface area (Å²) in [6.45, 7) is 1.52. The average molecular weight is 276 g/mol. The highest BCUT2D eigenvalue weighted by Crippen LogP contribution is 2.27. The van der Waals surface area contributed by atoms with Gasteiger partial charge in [-0.1, -0.05) is 36.4 Å². The topological polar surface area (TPSA) is 55.1 Å². The summed E-state index contributed by atoms with van der Waals surface area (Å²) in [6.07, 6.45) is 0. The van der Waals surface area contributed by atoms with Crippen molar-refractivity contribution in [2.75, 3.05) is 11.1 Å². The maximum atomic E-state index is 11.4. The monoisotopic (exact) mass is 276 g/mol. The Morgan fingerprint density at radius 2 is 1.76 bits per heavy atom. The van der Waals surface area contributed by atoms with E-state index in [1.165, 1.54) is 12.3 Å². The first kappa shape index (κ1) is 13.2. The molecule has 0 spiro atoms. The summed E-state index contributed by atoms with van der Waals surface area (Å²) in [4.78, 5) is 11.4. The maximum Gasteiger partial charge on any atom is 0.161 e. The van der Waals surface area contributed by atoms with Crippen molar-refractivity contribution in [1.82, 2.24) is 0 Å². The zero-order chi connectivity index (χ0) is 14.8. The first-order valence-electron chi connectivity index (χ1n) is 6.80. The smallest absolute Gasteiger partial charge is 0.161 e. The number of nitrogen functional groups attached to an aromatic ring is 1. The van der Waals surface area contributed by atoms with E-state index in [1.54, 1.807) is 12.1 Å². The fourth-order valence-corrected chi connectivity index (χ4v) is 2.45. The second-order valence-electron chi connectivity index (χ2n) is 5.01. The predicted octanol–water partition coefficient (Wildman–Crippen LogP) is 4.37. The van der Waals surface area contributed by atoms with Gasteiger partial charge < -0.3 is 11.1 Å². The molecule has 0 amide bonds. The van der Waals surface area contributed by atoms with Gasteiger partial charge in [0, 0.05) is 28.0 Å². The van der Waals surface area contributed by atoms with Crippen LogP contribution in [0, 0.1) is 0 Å². The third-order valence-corrected chi connectivity index (χ3v) is 3.50. The lowest BCUT2D eigenvalue weighted by Gasteiger charge is -2.11. The average Bonchev–Trinajstić information content (AvgIpc) is 2.47. The molecule has 0 radical (unpaired) electrons. The Labute approximate surface area is 123 Å². The Morgan fingerprint density at radius 1 is 1.00 bits per heavy atom. The highest BCUT2D eigenvalue weighted by atomic mass is 16.1. The van der Waals surface area contributed by atoms with Crippen molar-refractivity contribution in [3.63, 3.8) is 0 Å². The van der Waals surface area contributed by atoms with Crippen LogP contribution in [-0.2, 0) is 0 Å². The first-order valence-corrected chi connectivity index (χ1v) is 6.80. The number of hydrogen-bond donors (Lipinski definition) is 2. The molecule has 21 heavy (non-hydrogen) atoms. The lowest BCUT2D eigenvalue weighted by atomic mass is 10.1. The lowest BCUT2D eigenvalue weighted by molar-refractivity contribution is 0.101. The minimum Gasteiger partial charge on any atom is -0.398 e. The minimum absolute atomic E-state index is 0.0239. The van der Waals surface area contributed by atoms with E-state index in [9.17, 15) is 4.79 Å². The van der Waals surface area contributed by atoms with Gasteiger partial charge in [0.2, 0.25) is 0 Å². The number of benzene rings is 3. The van der Waals surface area contributed by atoms with Crippen LogP contribution in [0.15, 0.2) is 60.7 Å². The van der Waals surface area contributed by atoms with Crippen molar-refractivity contribution in [3.8, 4) is 0 Å². The number of carbonyl (C=O) groups is 1. The number of rotatable bonds is 3. The molecule has 3 aromatic carbocycles. The number of nitrogens with one attached hydrogen (secondary N) is 1. The summed E-state index contributed by atoms with van der Waals surface area (Å²) >= 11 is 0. The minimum atomic E-state index is -0.0239. The highest BCUT2D eigenvalue weighted by Gasteiger charge is 2.06. The SMILES string of the molecule is CC(=O)c1ccc(Nc2cccc3ccccc23)cc1N. The van der Waals surface area contributed by atoms with E-state index in [-0.39, 0.29) is 5.78 Å². The van der Waals surface area contributed by atoms with Crippen molar-refractivity contribution in [3.05, 3.63) is 66.2 Å². The van der Waals surface area contributed by atoms with Crippen molar-refractivity contribution >= 4 is 33.6 Å². The van der Waals surface area contributed by atoms with Crippen LogP contribution in [-0.4, -0.2) is 5.78 Å². The fraction of sp³-hybridized carbons (Fsp3) is 0.0556. The lowest BCUT2D eigenvalue weighted by Crippen LogP contribution is -2.01. The Hall–Kier alpha value is -2.81. The van der Waals surface area contributed by atoms with Crippen LogP contribution in [0.25, 0.3) is 10.8 Å². The largest absolute Gasteiger partial charge is 0.398 e. The summed E-state index contributed by atoms with van der Waals surface area (Å²) < 4.78 is 0. The van der Waals surface area contributed by atoms with Crippen LogP contribution < -0.4 is 11.1 Å². The van der Waals surface area contributed by atoms with Gasteiger partial charge in [-0.25, -0.2) is 0 Å². The zero-order valence-corrected chi connectivity index (χ0v) is 11.8. The van der Waals surface area contributed by atoms with Gasteiger partial charge in [0.1, 0.15) is 0 Å². The molecule has 0 aliphatic rings. The summed E-state index contributed by atoms with van der Waals surface area (Å²) in [5, 5.41) is 5.69. The normalized spacial score (nSPS) is 10.5. The van der Waals surface area contributed by atoms with Gasteiger partial charge in [0.05, 0.1) is 0 Å². The van der Waals surface area contributed by atoms with E-state index in [0.29, 0.717) is 11.3 Å². The molecular formula is C18H16N2O. The second-order valence-corrected chi connectivity index (χ2v) is 5.01. The number of Topliss-reactive ketones (excluding diaryl/α,β-unsaturated/α-hetero) is 1. The van der Waals surface area contributed by atoms with Gasteiger partial charge in [-0.05, 0) is 36.6 Å². The van der Waals surface area contributed by atoms with E-state index in [1.807, 2.05) is 30.3 Å². The number of nitrogens with two attached hydrogens (primary N) is 1. The highest BCUT2D eigenvalue weighted by molar-refractivity contribution is 6.00. The molecule has 3 aromatic rings. The molecule has 3 nitrogen and oxygen atoms in total. The Kier molecular flexibility index (Phi) is 3.32. The molecule has 104 valence electrons. The van der Waals surface area contributed by atoms with Gasteiger partial charge in [0.25, 0.3) is 0 Å². The van der Waals surface area contributed by atoms with Crippen molar-refractivity contribution in [2.45, 2.75) is 6.92 Å². The van der Waals surface area contributed by atoms with Gasteiger partial charge in [-0.2, -0.15) is 0 Å². The van der Waals surface area contributed by atoms with Crippen LogP contribution in [0.1, 0.15) is 17.3 Å². The predicted molar refractivity (Wildman–Crippen MR) is 88.1 cm³/mol. The van der Waals surface area contributed by atoms with E-state index in [2.05, 4.69) is 23.5 Å². The molecule has 3 N–H and O–H groups in total. The number of hydrogen-bond acceptors (Lipinski definition) is 3. The standard InChI is InChI=1S/C18H16N2O/c1-12(21)15-10-9-14(11-17(15)19)20-18-8-4-6-13-5-2-3-7-16(13)18/h2-11,20H,19H2,1H3. The van der Waals surface area contributed by atoms with Crippen LogP contribution in [0.2, 0.25) is 0 Å². The van der Waals surface area contributed by atoms with Crippen molar-refractivity contribution in [1.29, 1.82) is 0 Å². The Bertz CT molecular complexity index is 819. The molecule has 0 bridgehead atoms. The van der Waals surface area contributed by atoms with Crippen LogP contribution in [0.5, 0.6) is 0 Å². The molecule has 0 heterocycles. The third kappa shape index (κ3) is 2.58. The van der Waals surface area contributed by atoms with Crippen LogP contribution in [0.3, 0.4) is 0 Å². The molecule has 3 heteroatoms. The number of carbonyl (C=O) groups excluding carboxylic acids is 1. The molecule has 0 saturated heterocycles. The molecule has 0 fully saturated rings. The molecule has 0 aliphatic carbocycles. The molecule has 0 unspecified atom stereocenters. The van der Waals surface area contributed by atoms with E-state index < -0.39 is 0 Å². The number of fused-ring (bicyclic) bond motifs is 1. The molecular weight excluding hydrogens is 260 g/mol. The van der Waals surface area contributed by atoms with E-state index in [0.717, 1.165) is 16.8 Å². The first-order chi connectivity index (χ1) is 10.1. The molecule has 0 aromatic heterocycles. The molecule has 0 atom stereocenters. The quantitative estimate of drug-likeness (QED) is 0.551. The van der Waals surface area contributed by atoms with Crippen molar-refractivity contribution in [2.24, 2.45) is 0 Å². The summed E-state index contributed by atoms with van der Waals surface area (Å²) in [7, 11) is 0. The summed E-state index contributed by atoms with van der Waals surface area (Å²) in [5.41, 5.74) is 8.86. The van der Waals surface area contributed by atoms with E-state index >= 15 is 0 Å². The second kappa shape index (κ2) is 5.29. The molecule has 0 aliphatic heterocycles. The summed E-state index contributed by atoms with van der Waals surface area (Å²) in [6, 6.07) is 19.7. The van der Waals surface area contributed by atoms with Gasteiger partial charge in [-0.3, -0.25) is 4.79 Å². The molecule has 3 rings (SSSR count). The molecule has 0 saturated carbocycles. The Morgan fingerprint density at radius 3 is 2.52 bits per heavy atom. The van der Waals surface area contributed by atoms with E-state index in [4.69, 9.17) is 5.73 Å². The number of ketones is 1. The van der Waals surface area contributed by atoms with Gasteiger partial charge in [0.15, 0.2) is 5.78 Å². The zero-order valence-electron chi connectivity index (χ0n) is 11.8. The Balaban J connectivity index is 1.99. The summed E-state index contributed by atoms with van der Waals surface area (Å²) in [5.74, 6) is -0.0239. The van der Waals surface area contributed by atoms with Crippen molar-refractivity contribution < 1.29 is 4.79 Å². The van der Waals surface area contributed by atoms with Gasteiger partial charge >= 0.3 is 0 Å². The van der Waals surface area contributed by atoms with Gasteiger partial charge in [-0.15, -0.1) is 0 Å². The van der Waals surface area contributed by atoms with Crippen LogP contribution >= 0.6 is 0 Å². The number of anilines is 3. The third-order valence-electron chi connectivity index (χ3n) is 3.50. The van der Waals surface area contributed by atoms with Crippen LogP contribution in [0.4, 0.5) is 17.1 Å². The fourth-order valence-electron chi connectivity index (χ4n) is 2.45.